The van der Waals surface area contributed by atoms with Crippen LogP contribution < -0.4 is 5.32 Å². The molecule has 1 nitrogen and oxygen atoms in total. The van der Waals surface area contributed by atoms with Crippen molar-refractivity contribution < 1.29 is 0 Å². The molecule has 1 rings (SSSR count). The van der Waals surface area contributed by atoms with Gasteiger partial charge in [-0.3, -0.25) is 0 Å². The molecule has 66 valence electrons. The van der Waals surface area contributed by atoms with E-state index in [1.54, 1.807) is 0 Å². The second-order valence-electron chi connectivity index (χ2n) is 4.14. The molecule has 11 heavy (non-hydrogen) atoms. The molecule has 0 bridgehead atoms. The average molecular weight is 155 g/mol. The predicted molar refractivity (Wildman–Crippen MR) is 49.6 cm³/mol. The maximum absolute atomic E-state index is 3.36. The Labute approximate surface area is 70.6 Å². The summed E-state index contributed by atoms with van der Waals surface area (Å²) in [7, 11) is 2.08. The summed E-state index contributed by atoms with van der Waals surface area (Å²) >= 11 is 0. The molecule has 1 heteroatoms. The molecule has 0 aromatic heterocycles. The first-order valence-electron chi connectivity index (χ1n) is 4.91. The number of hydrogen-bond acceptors (Lipinski definition) is 1. The van der Waals surface area contributed by atoms with Gasteiger partial charge in [-0.15, -0.1) is 0 Å². The molecule has 0 amide bonds. The number of nitrogens with one attached hydrogen (secondary N) is 1. The van der Waals surface area contributed by atoms with Crippen molar-refractivity contribution in [3.05, 3.63) is 0 Å². The molecule has 0 aromatic carbocycles. The molecule has 0 aliphatic heterocycles. The molecule has 0 heterocycles. The predicted octanol–water partition coefficient (Wildman–Crippen LogP) is 2.42. The lowest BCUT2D eigenvalue weighted by molar-refractivity contribution is 0.244. The fourth-order valence-electron chi connectivity index (χ4n) is 2.07. The Kier molecular flexibility index (Phi) is 3.38. The van der Waals surface area contributed by atoms with Crippen molar-refractivity contribution in [3.63, 3.8) is 0 Å². The highest BCUT2D eigenvalue weighted by Crippen LogP contribution is 2.29. The van der Waals surface area contributed by atoms with Crippen molar-refractivity contribution >= 4 is 0 Å². The van der Waals surface area contributed by atoms with Crippen molar-refractivity contribution in [2.24, 2.45) is 11.8 Å². The third kappa shape index (κ3) is 2.48. The molecule has 0 atom stereocenters. The van der Waals surface area contributed by atoms with E-state index in [9.17, 15) is 0 Å². The molecule has 0 spiro atoms. The third-order valence-corrected chi connectivity index (χ3v) is 3.12. The van der Waals surface area contributed by atoms with Crippen molar-refractivity contribution in [1.82, 2.24) is 5.32 Å². The standard InChI is InChI=1S/C10H21N/c1-8(2)9-4-6-10(11-3)7-5-9/h8-11H,4-7H2,1-3H3. The van der Waals surface area contributed by atoms with Crippen LogP contribution >= 0.6 is 0 Å². The molecule has 1 aliphatic rings. The minimum atomic E-state index is 0.810. The zero-order chi connectivity index (χ0) is 8.27. The van der Waals surface area contributed by atoms with Gasteiger partial charge < -0.3 is 5.32 Å². The first-order chi connectivity index (χ1) is 5.24. The summed E-state index contributed by atoms with van der Waals surface area (Å²) in [5.41, 5.74) is 0. The van der Waals surface area contributed by atoms with E-state index in [0.717, 1.165) is 17.9 Å². The molecule has 0 radical (unpaired) electrons. The van der Waals surface area contributed by atoms with Crippen molar-refractivity contribution in [1.29, 1.82) is 0 Å². The summed E-state index contributed by atoms with van der Waals surface area (Å²) in [5, 5.41) is 3.36. The van der Waals surface area contributed by atoms with Crippen molar-refractivity contribution in [2.75, 3.05) is 7.05 Å². The lowest BCUT2D eigenvalue weighted by Crippen LogP contribution is -2.31. The molecular weight excluding hydrogens is 134 g/mol. The molecular formula is C10H21N. The van der Waals surface area contributed by atoms with Gasteiger partial charge in [0.1, 0.15) is 0 Å². The maximum atomic E-state index is 3.36. The molecule has 1 aliphatic carbocycles. The molecule has 0 aromatic rings. The van der Waals surface area contributed by atoms with Crippen LogP contribution in [0.4, 0.5) is 0 Å². The Hall–Kier alpha value is -0.0400. The van der Waals surface area contributed by atoms with E-state index in [-0.39, 0.29) is 0 Å². The summed E-state index contributed by atoms with van der Waals surface area (Å²) in [4.78, 5) is 0. The molecule has 1 N–H and O–H groups in total. The topological polar surface area (TPSA) is 12.0 Å². The van der Waals surface area contributed by atoms with Gasteiger partial charge in [-0.05, 0) is 44.6 Å². The Morgan fingerprint density at radius 2 is 1.64 bits per heavy atom. The fourth-order valence-corrected chi connectivity index (χ4v) is 2.07. The fraction of sp³-hybridized carbons (Fsp3) is 1.00. The third-order valence-electron chi connectivity index (χ3n) is 3.12. The molecule has 0 saturated heterocycles. The van der Waals surface area contributed by atoms with Gasteiger partial charge in [0.2, 0.25) is 0 Å². The molecule has 1 saturated carbocycles. The second kappa shape index (κ2) is 4.10. The number of hydrogen-bond donors (Lipinski definition) is 1. The average Bonchev–Trinajstić information content (AvgIpc) is 2.05. The Balaban J connectivity index is 2.24. The SMILES string of the molecule is CNC1CCC(C(C)C)CC1. The maximum Gasteiger partial charge on any atom is 0.00642 e. The minimum Gasteiger partial charge on any atom is -0.317 e. The summed E-state index contributed by atoms with van der Waals surface area (Å²) in [6.07, 6.45) is 5.64. The van der Waals surface area contributed by atoms with E-state index in [0.29, 0.717) is 0 Å². The first kappa shape index (κ1) is 9.05. The van der Waals surface area contributed by atoms with Gasteiger partial charge in [0.25, 0.3) is 0 Å². The van der Waals surface area contributed by atoms with E-state index >= 15 is 0 Å². The van der Waals surface area contributed by atoms with Crippen LogP contribution in [0, 0.1) is 11.8 Å². The van der Waals surface area contributed by atoms with Crippen LogP contribution in [0.1, 0.15) is 39.5 Å². The van der Waals surface area contributed by atoms with Gasteiger partial charge >= 0.3 is 0 Å². The largest absolute Gasteiger partial charge is 0.317 e. The van der Waals surface area contributed by atoms with Gasteiger partial charge in [0, 0.05) is 6.04 Å². The van der Waals surface area contributed by atoms with Crippen LogP contribution in [-0.2, 0) is 0 Å². The Bertz CT molecular complexity index is 101. The second-order valence-corrected chi connectivity index (χ2v) is 4.14. The monoisotopic (exact) mass is 155 g/mol. The normalized spacial score (nSPS) is 32.7. The zero-order valence-corrected chi connectivity index (χ0v) is 8.06. The van der Waals surface area contributed by atoms with E-state index in [1.165, 1.54) is 25.7 Å². The first-order valence-corrected chi connectivity index (χ1v) is 4.91. The quantitative estimate of drug-likeness (QED) is 0.645. The van der Waals surface area contributed by atoms with Gasteiger partial charge in [0.15, 0.2) is 0 Å². The van der Waals surface area contributed by atoms with Crippen LogP contribution in [0.5, 0.6) is 0 Å². The zero-order valence-electron chi connectivity index (χ0n) is 8.06. The van der Waals surface area contributed by atoms with E-state index in [2.05, 4.69) is 26.2 Å². The highest BCUT2D eigenvalue weighted by Gasteiger charge is 2.21. The summed E-state index contributed by atoms with van der Waals surface area (Å²) < 4.78 is 0. The summed E-state index contributed by atoms with van der Waals surface area (Å²) in [6, 6.07) is 0.810. The molecule has 1 fully saturated rings. The van der Waals surface area contributed by atoms with Gasteiger partial charge in [-0.25, -0.2) is 0 Å². The van der Waals surface area contributed by atoms with Gasteiger partial charge in [-0.2, -0.15) is 0 Å². The van der Waals surface area contributed by atoms with Crippen molar-refractivity contribution in [2.45, 2.75) is 45.6 Å². The van der Waals surface area contributed by atoms with Crippen LogP contribution in [0.15, 0.2) is 0 Å². The summed E-state index contributed by atoms with van der Waals surface area (Å²) in [5.74, 6) is 1.90. The lowest BCUT2D eigenvalue weighted by Gasteiger charge is -2.30. The Morgan fingerprint density at radius 1 is 1.09 bits per heavy atom. The minimum absolute atomic E-state index is 0.810. The van der Waals surface area contributed by atoms with E-state index < -0.39 is 0 Å². The highest BCUT2D eigenvalue weighted by atomic mass is 14.9. The highest BCUT2D eigenvalue weighted by molar-refractivity contribution is 4.77. The summed E-state index contributed by atoms with van der Waals surface area (Å²) in [6.45, 7) is 4.70. The van der Waals surface area contributed by atoms with Gasteiger partial charge in [-0.1, -0.05) is 13.8 Å². The molecule has 0 unspecified atom stereocenters. The van der Waals surface area contributed by atoms with Crippen LogP contribution in [0.2, 0.25) is 0 Å². The van der Waals surface area contributed by atoms with Gasteiger partial charge in [0.05, 0.1) is 0 Å². The van der Waals surface area contributed by atoms with Crippen LogP contribution in [0.3, 0.4) is 0 Å². The number of rotatable bonds is 2. The lowest BCUT2D eigenvalue weighted by atomic mass is 9.80. The van der Waals surface area contributed by atoms with E-state index in [1.807, 2.05) is 0 Å². The van der Waals surface area contributed by atoms with E-state index in [4.69, 9.17) is 0 Å². The van der Waals surface area contributed by atoms with Crippen LogP contribution in [0.25, 0.3) is 0 Å². The smallest absolute Gasteiger partial charge is 0.00642 e. The Morgan fingerprint density at radius 3 is 2.00 bits per heavy atom. The van der Waals surface area contributed by atoms with Crippen molar-refractivity contribution in [3.8, 4) is 0 Å². The van der Waals surface area contributed by atoms with Crippen LogP contribution in [-0.4, -0.2) is 13.1 Å².